The highest BCUT2D eigenvalue weighted by Gasteiger charge is 2.09. The van der Waals surface area contributed by atoms with Crippen molar-refractivity contribution in [1.82, 2.24) is 9.97 Å². The zero-order valence-electron chi connectivity index (χ0n) is 12.4. The molecule has 5 nitrogen and oxygen atoms in total. The molecule has 0 bridgehead atoms. The first kappa shape index (κ1) is 14.1. The summed E-state index contributed by atoms with van der Waals surface area (Å²) in [5, 5.41) is 6.48. The fraction of sp³-hybridized carbons (Fsp3) is 0.333. The lowest BCUT2D eigenvalue weighted by Gasteiger charge is -2.16. The van der Waals surface area contributed by atoms with Gasteiger partial charge in [-0.05, 0) is 24.6 Å². The smallest absolute Gasteiger partial charge is 0.139 e. The van der Waals surface area contributed by atoms with Crippen molar-refractivity contribution in [2.24, 2.45) is 0 Å². The molecule has 1 aromatic carbocycles. The predicted octanol–water partition coefficient (Wildman–Crippen LogP) is 2.89. The van der Waals surface area contributed by atoms with Crippen molar-refractivity contribution in [2.45, 2.75) is 13.3 Å². The van der Waals surface area contributed by atoms with Crippen molar-refractivity contribution in [3.63, 3.8) is 0 Å². The Hall–Kier alpha value is -2.30. The van der Waals surface area contributed by atoms with Crippen molar-refractivity contribution >= 4 is 23.0 Å². The Kier molecular flexibility index (Phi) is 4.40. The largest absolute Gasteiger partial charge is 0.378 e. The maximum Gasteiger partial charge on any atom is 0.139 e. The van der Waals surface area contributed by atoms with Gasteiger partial charge in [0.15, 0.2) is 0 Å². The SMILES string of the molecule is CCc1c(NC)ncnc1Nc1cccc(N(C)C)c1. The van der Waals surface area contributed by atoms with Gasteiger partial charge in [-0.3, -0.25) is 0 Å². The van der Waals surface area contributed by atoms with Crippen LogP contribution in [0, 0.1) is 0 Å². The third-order valence-corrected chi connectivity index (χ3v) is 3.16. The monoisotopic (exact) mass is 271 g/mol. The van der Waals surface area contributed by atoms with Gasteiger partial charge in [0.25, 0.3) is 0 Å². The van der Waals surface area contributed by atoms with Gasteiger partial charge in [-0.2, -0.15) is 0 Å². The number of hydrogen-bond acceptors (Lipinski definition) is 5. The molecule has 0 aliphatic carbocycles. The van der Waals surface area contributed by atoms with E-state index in [1.807, 2.05) is 33.3 Å². The van der Waals surface area contributed by atoms with Gasteiger partial charge in [-0.1, -0.05) is 13.0 Å². The first-order chi connectivity index (χ1) is 9.65. The standard InChI is InChI=1S/C15H21N5/c1-5-13-14(16-2)17-10-18-15(13)19-11-7-6-8-12(9-11)20(3)4/h6-10H,5H2,1-4H3,(H2,16,17,18,19). The Labute approximate surface area is 120 Å². The topological polar surface area (TPSA) is 53.1 Å². The Bertz CT molecular complexity index is 580. The molecule has 106 valence electrons. The molecule has 2 N–H and O–H groups in total. The highest BCUT2D eigenvalue weighted by Crippen LogP contribution is 2.25. The van der Waals surface area contributed by atoms with E-state index in [1.54, 1.807) is 6.33 Å². The van der Waals surface area contributed by atoms with E-state index in [1.165, 1.54) is 0 Å². The molecule has 5 heteroatoms. The molecule has 0 saturated carbocycles. The molecular formula is C15H21N5. The summed E-state index contributed by atoms with van der Waals surface area (Å²) < 4.78 is 0. The zero-order chi connectivity index (χ0) is 14.5. The molecule has 20 heavy (non-hydrogen) atoms. The van der Waals surface area contributed by atoms with E-state index in [2.05, 4.69) is 44.6 Å². The second-order valence-electron chi connectivity index (χ2n) is 4.72. The molecule has 1 aromatic heterocycles. The molecule has 0 radical (unpaired) electrons. The lowest BCUT2D eigenvalue weighted by atomic mass is 10.2. The van der Waals surface area contributed by atoms with E-state index in [4.69, 9.17) is 0 Å². The first-order valence-electron chi connectivity index (χ1n) is 6.71. The van der Waals surface area contributed by atoms with E-state index in [0.717, 1.165) is 35.0 Å². The first-order valence-corrected chi connectivity index (χ1v) is 6.71. The Balaban J connectivity index is 2.32. The van der Waals surface area contributed by atoms with Crippen LogP contribution >= 0.6 is 0 Å². The highest BCUT2D eigenvalue weighted by atomic mass is 15.1. The van der Waals surface area contributed by atoms with Crippen LogP contribution in [-0.2, 0) is 6.42 Å². The van der Waals surface area contributed by atoms with Gasteiger partial charge >= 0.3 is 0 Å². The van der Waals surface area contributed by atoms with E-state index >= 15 is 0 Å². The van der Waals surface area contributed by atoms with Gasteiger partial charge in [0, 0.05) is 38.1 Å². The second kappa shape index (κ2) is 6.23. The normalized spacial score (nSPS) is 10.2. The van der Waals surface area contributed by atoms with Crippen molar-refractivity contribution in [3.05, 3.63) is 36.2 Å². The summed E-state index contributed by atoms with van der Waals surface area (Å²) in [4.78, 5) is 10.7. The van der Waals surface area contributed by atoms with Crippen LogP contribution in [-0.4, -0.2) is 31.1 Å². The summed E-state index contributed by atoms with van der Waals surface area (Å²) in [5.41, 5.74) is 3.26. The number of aromatic nitrogens is 2. The number of rotatable bonds is 5. The van der Waals surface area contributed by atoms with E-state index in [9.17, 15) is 0 Å². The second-order valence-corrected chi connectivity index (χ2v) is 4.72. The lowest BCUT2D eigenvalue weighted by molar-refractivity contribution is 1.05. The minimum atomic E-state index is 0.850. The van der Waals surface area contributed by atoms with Gasteiger partial charge in [0.1, 0.15) is 18.0 Å². The average Bonchev–Trinajstić information content (AvgIpc) is 2.47. The molecule has 0 aliphatic heterocycles. The highest BCUT2D eigenvalue weighted by molar-refractivity contribution is 5.67. The van der Waals surface area contributed by atoms with Crippen molar-refractivity contribution < 1.29 is 0 Å². The molecular weight excluding hydrogens is 250 g/mol. The number of benzene rings is 1. The summed E-state index contributed by atoms with van der Waals surface area (Å²) >= 11 is 0. The van der Waals surface area contributed by atoms with Crippen LogP contribution in [0.15, 0.2) is 30.6 Å². The molecule has 2 aromatic rings. The number of nitrogens with zero attached hydrogens (tertiary/aromatic N) is 3. The van der Waals surface area contributed by atoms with E-state index in [-0.39, 0.29) is 0 Å². The van der Waals surface area contributed by atoms with Crippen LogP contribution in [0.1, 0.15) is 12.5 Å². The quantitative estimate of drug-likeness (QED) is 0.875. The summed E-state index contributed by atoms with van der Waals surface area (Å²) in [7, 11) is 5.93. The molecule has 1 heterocycles. The van der Waals surface area contributed by atoms with Crippen LogP contribution in [0.3, 0.4) is 0 Å². The maximum atomic E-state index is 4.35. The summed E-state index contributed by atoms with van der Waals surface area (Å²) in [5.74, 6) is 1.72. The van der Waals surface area contributed by atoms with Crippen molar-refractivity contribution in [3.8, 4) is 0 Å². The molecule has 0 spiro atoms. The molecule has 2 rings (SSSR count). The minimum Gasteiger partial charge on any atom is -0.378 e. The van der Waals surface area contributed by atoms with Crippen LogP contribution < -0.4 is 15.5 Å². The molecule has 0 unspecified atom stereocenters. The maximum absolute atomic E-state index is 4.35. The van der Waals surface area contributed by atoms with Gasteiger partial charge in [0.05, 0.1) is 0 Å². The average molecular weight is 271 g/mol. The number of hydrogen-bond donors (Lipinski definition) is 2. The van der Waals surface area contributed by atoms with Crippen LogP contribution in [0.2, 0.25) is 0 Å². The number of nitrogens with one attached hydrogen (secondary N) is 2. The fourth-order valence-electron chi connectivity index (χ4n) is 2.07. The Morgan fingerprint density at radius 1 is 1.15 bits per heavy atom. The molecule has 0 saturated heterocycles. The Morgan fingerprint density at radius 2 is 1.90 bits per heavy atom. The summed E-state index contributed by atoms with van der Waals surface area (Å²) in [6, 6.07) is 8.24. The minimum absolute atomic E-state index is 0.850. The van der Waals surface area contributed by atoms with Gasteiger partial charge in [0.2, 0.25) is 0 Å². The van der Waals surface area contributed by atoms with Gasteiger partial charge in [-0.15, -0.1) is 0 Å². The van der Waals surface area contributed by atoms with Crippen LogP contribution in [0.5, 0.6) is 0 Å². The third-order valence-electron chi connectivity index (χ3n) is 3.16. The summed E-state index contributed by atoms with van der Waals surface area (Å²) in [6.07, 6.45) is 2.44. The molecule has 0 amide bonds. The van der Waals surface area contributed by atoms with E-state index < -0.39 is 0 Å². The van der Waals surface area contributed by atoms with E-state index in [0.29, 0.717) is 0 Å². The van der Waals surface area contributed by atoms with Crippen molar-refractivity contribution in [2.75, 3.05) is 36.7 Å². The van der Waals surface area contributed by atoms with Crippen LogP contribution in [0.4, 0.5) is 23.0 Å². The van der Waals surface area contributed by atoms with Crippen LogP contribution in [0.25, 0.3) is 0 Å². The predicted molar refractivity (Wildman–Crippen MR) is 85.0 cm³/mol. The summed E-state index contributed by atoms with van der Waals surface area (Å²) in [6.45, 7) is 2.10. The molecule has 0 fully saturated rings. The molecule has 0 aliphatic rings. The third kappa shape index (κ3) is 2.99. The zero-order valence-corrected chi connectivity index (χ0v) is 12.4. The molecule has 0 atom stereocenters. The van der Waals surface area contributed by atoms with Gasteiger partial charge in [-0.25, -0.2) is 9.97 Å². The van der Waals surface area contributed by atoms with Gasteiger partial charge < -0.3 is 15.5 Å². The lowest BCUT2D eigenvalue weighted by Crippen LogP contribution is -2.09. The Morgan fingerprint density at radius 3 is 2.55 bits per heavy atom. The number of anilines is 4. The fourth-order valence-corrected chi connectivity index (χ4v) is 2.07. The van der Waals surface area contributed by atoms with Crippen molar-refractivity contribution in [1.29, 1.82) is 0 Å².